The van der Waals surface area contributed by atoms with Crippen LogP contribution in [0.2, 0.25) is 15.3 Å². The van der Waals surface area contributed by atoms with Crippen molar-refractivity contribution in [1.29, 1.82) is 0 Å². The topological polar surface area (TPSA) is 47.5 Å². The molecule has 3 rings (SSSR count). The van der Waals surface area contributed by atoms with Crippen LogP contribution in [0.3, 0.4) is 0 Å². The van der Waals surface area contributed by atoms with E-state index in [0.717, 1.165) is 5.56 Å². The highest BCUT2D eigenvalue weighted by Crippen LogP contribution is 2.30. The minimum absolute atomic E-state index is 0.329. The van der Waals surface area contributed by atoms with Crippen LogP contribution in [0.1, 0.15) is 11.1 Å². The Balaban J connectivity index is 1.89. The number of morpholine rings is 1. The summed E-state index contributed by atoms with van der Waals surface area (Å²) in [5.41, 5.74) is 1.49. The average molecular weight is 389 g/mol. The smallest absolute Gasteiger partial charge is 0.228 e. The van der Waals surface area contributed by atoms with E-state index in [4.69, 9.17) is 44.3 Å². The van der Waals surface area contributed by atoms with Gasteiger partial charge in [0.15, 0.2) is 0 Å². The zero-order valence-corrected chi connectivity index (χ0v) is 15.3. The molecule has 5 nitrogen and oxygen atoms in total. The first kappa shape index (κ1) is 17.5. The van der Waals surface area contributed by atoms with Crippen molar-refractivity contribution in [3.05, 3.63) is 44.7 Å². The molecule has 1 aromatic carbocycles. The van der Waals surface area contributed by atoms with Gasteiger partial charge in [-0.25, -0.2) is 9.97 Å². The van der Waals surface area contributed by atoms with Crippen molar-refractivity contribution in [2.45, 2.75) is 6.42 Å². The molecule has 1 aliphatic rings. The van der Waals surface area contributed by atoms with Gasteiger partial charge in [0.2, 0.25) is 5.95 Å². The van der Waals surface area contributed by atoms with E-state index in [-0.39, 0.29) is 0 Å². The van der Waals surface area contributed by atoms with Gasteiger partial charge in [0.05, 0.1) is 20.3 Å². The van der Waals surface area contributed by atoms with Crippen molar-refractivity contribution in [1.82, 2.24) is 9.97 Å². The number of nitrogens with zero attached hydrogens (tertiary/aromatic N) is 3. The van der Waals surface area contributed by atoms with Crippen LogP contribution in [0.25, 0.3) is 0 Å². The second-order valence-electron chi connectivity index (χ2n) is 5.32. The highest BCUT2D eigenvalue weighted by atomic mass is 35.5. The molecule has 0 bridgehead atoms. The highest BCUT2D eigenvalue weighted by Gasteiger charge is 2.19. The van der Waals surface area contributed by atoms with E-state index >= 15 is 0 Å². The molecule has 1 aliphatic heterocycles. The lowest BCUT2D eigenvalue weighted by Crippen LogP contribution is -2.37. The third-order valence-corrected chi connectivity index (χ3v) is 4.80. The van der Waals surface area contributed by atoms with Gasteiger partial charge >= 0.3 is 0 Å². The average Bonchev–Trinajstić information content (AvgIpc) is 2.60. The van der Waals surface area contributed by atoms with Gasteiger partial charge in [-0.05, 0) is 23.8 Å². The Hall–Kier alpha value is -1.27. The number of halogens is 3. The molecule has 0 radical (unpaired) electrons. The molecule has 0 spiro atoms. The maximum absolute atomic E-state index is 6.36. The van der Waals surface area contributed by atoms with E-state index < -0.39 is 0 Å². The lowest BCUT2D eigenvalue weighted by molar-refractivity contribution is 0.122. The fourth-order valence-electron chi connectivity index (χ4n) is 2.48. The van der Waals surface area contributed by atoms with E-state index in [1.165, 1.54) is 0 Å². The normalized spacial score (nSPS) is 14.8. The number of benzene rings is 1. The summed E-state index contributed by atoms with van der Waals surface area (Å²) in [6.45, 7) is 2.71. The molecule has 8 heteroatoms. The van der Waals surface area contributed by atoms with E-state index in [9.17, 15) is 0 Å². The molecular formula is C16H16Cl3N3O2. The third-order valence-electron chi connectivity index (χ3n) is 3.81. The lowest BCUT2D eigenvalue weighted by Gasteiger charge is -2.27. The molecule has 2 aromatic rings. The first-order valence-electron chi connectivity index (χ1n) is 7.45. The van der Waals surface area contributed by atoms with E-state index in [1.54, 1.807) is 19.2 Å². The van der Waals surface area contributed by atoms with Crippen molar-refractivity contribution in [2.24, 2.45) is 0 Å². The van der Waals surface area contributed by atoms with Crippen LogP contribution >= 0.6 is 34.8 Å². The number of ether oxygens (including phenoxy) is 2. The lowest BCUT2D eigenvalue weighted by atomic mass is 10.1. The Labute approximate surface area is 155 Å². The van der Waals surface area contributed by atoms with Crippen molar-refractivity contribution >= 4 is 40.8 Å². The SMILES string of the molecule is COc1ccc(Cl)c(Cc2c(Cl)nc(N3CCOCC3)nc2Cl)c1. The van der Waals surface area contributed by atoms with Gasteiger partial charge in [-0.2, -0.15) is 0 Å². The maximum atomic E-state index is 6.36. The van der Waals surface area contributed by atoms with Gasteiger partial charge in [0.25, 0.3) is 0 Å². The number of aromatic nitrogens is 2. The van der Waals surface area contributed by atoms with Crippen LogP contribution in [0.4, 0.5) is 5.95 Å². The second-order valence-corrected chi connectivity index (χ2v) is 6.44. The predicted octanol–water partition coefficient (Wildman–Crippen LogP) is 3.87. The molecule has 0 atom stereocenters. The molecule has 0 aliphatic carbocycles. The van der Waals surface area contributed by atoms with Crippen LogP contribution in [-0.4, -0.2) is 43.4 Å². The number of anilines is 1. The largest absolute Gasteiger partial charge is 0.497 e. The molecule has 1 saturated heterocycles. The number of hydrogen-bond donors (Lipinski definition) is 0. The molecule has 128 valence electrons. The van der Waals surface area contributed by atoms with E-state index in [1.807, 2.05) is 11.0 Å². The fraction of sp³-hybridized carbons (Fsp3) is 0.375. The monoisotopic (exact) mass is 387 g/mol. The Morgan fingerprint density at radius 3 is 2.42 bits per heavy atom. The van der Waals surface area contributed by atoms with Gasteiger partial charge in [0.1, 0.15) is 16.1 Å². The van der Waals surface area contributed by atoms with Crippen molar-refractivity contribution in [3.8, 4) is 5.75 Å². The molecule has 0 amide bonds. The number of methoxy groups -OCH3 is 1. The van der Waals surface area contributed by atoms with Gasteiger partial charge in [-0.15, -0.1) is 0 Å². The van der Waals surface area contributed by atoms with Crippen molar-refractivity contribution in [2.75, 3.05) is 38.3 Å². The fourth-order valence-corrected chi connectivity index (χ4v) is 3.17. The molecule has 1 fully saturated rings. The summed E-state index contributed by atoms with van der Waals surface area (Å²) in [5, 5.41) is 1.27. The van der Waals surface area contributed by atoms with Crippen LogP contribution < -0.4 is 9.64 Å². The summed E-state index contributed by atoms with van der Waals surface area (Å²) in [4.78, 5) is 10.8. The third kappa shape index (κ3) is 3.86. The Bertz CT molecular complexity index is 713. The van der Waals surface area contributed by atoms with Crippen LogP contribution in [0.5, 0.6) is 5.75 Å². The zero-order chi connectivity index (χ0) is 17.1. The summed E-state index contributed by atoms with van der Waals surface area (Å²) >= 11 is 19.0. The molecule has 0 saturated carbocycles. The van der Waals surface area contributed by atoms with Crippen molar-refractivity contribution in [3.63, 3.8) is 0 Å². The standard InChI is InChI=1S/C16H16Cl3N3O2/c1-23-11-2-3-13(17)10(8-11)9-12-14(18)20-16(21-15(12)19)22-4-6-24-7-5-22/h2-3,8H,4-7,9H2,1H3. The minimum atomic E-state index is 0.329. The molecule has 1 aromatic heterocycles. The van der Waals surface area contributed by atoms with Gasteiger partial charge in [-0.1, -0.05) is 34.8 Å². The maximum Gasteiger partial charge on any atom is 0.228 e. The van der Waals surface area contributed by atoms with Crippen LogP contribution in [0.15, 0.2) is 18.2 Å². The second kappa shape index (κ2) is 7.74. The molecule has 24 heavy (non-hydrogen) atoms. The number of hydrogen-bond acceptors (Lipinski definition) is 5. The first-order valence-corrected chi connectivity index (χ1v) is 8.59. The van der Waals surface area contributed by atoms with Gasteiger partial charge in [0, 0.05) is 30.1 Å². The van der Waals surface area contributed by atoms with Crippen LogP contribution in [-0.2, 0) is 11.2 Å². The quantitative estimate of drug-likeness (QED) is 0.744. The minimum Gasteiger partial charge on any atom is -0.497 e. The predicted molar refractivity (Wildman–Crippen MR) is 95.9 cm³/mol. The summed E-state index contributed by atoms with van der Waals surface area (Å²) in [6.07, 6.45) is 0.428. The summed E-state index contributed by atoms with van der Waals surface area (Å²) < 4.78 is 10.6. The molecular weight excluding hydrogens is 373 g/mol. The highest BCUT2D eigenvalue weighted by molar-refractivity contribution is 6.35. The van der Waals surface area contributed by atoms with Gasteiger partial charge in [-0.3, -0.25) is 0 Å². The zero-order valence-electron chi connectivity index (χ0n) is 13.1. The molecule has 0 N–H and O–H groups in total. The molecule has 2 heterocycles. The van der Waals surface area contributed by atoms with E-state index in [2.05, 4.69) is 9.97 Å². The van der Waals surface area contributed by atoms with Crippen LogP contribution in [0, 0.1) is 0 Å². The first-order chi connectivity index (χ1) is 11.6. The van der Waals surface area contributed by atoms with Gasteiger partial charge < -0.3 is 14.4 Å². The number of rotatable bonds is 4. The Kier molecular flexibility index (Phi) is 5.66. The van der Waals surface area contributed by atoms with E-state index in [0.29, 0.717) is 65.3 Å². The Morgan fingerprint density at radius 1 is 1.12 bits per heavy atom. The summed E-state index contributed by atoms with van der Waals surface area (Å²) in [6, 6.07) is 5.43. The Morgan fingerprint density at radius 2 is 1.79 bits per heavy atom. The molecule has 0 unspecified atom stereocenters. The summed E-state index contributed by atoms with van der Waals surface area (Å²) in [7, 11) is 1.60. The van der Waals surface area contributed by atoms with Crippen molar-refractivity contribution < 1.29 is 9.47 Å². The summed E-state index contributed by atoms with van der Waals surface area (Å²) in [5.74, 6) is 1.24.